The number of esters is 1. The van der Waals surface area contributed by atoms with Crippen LogP contribution in [-0.2, 0) is 19.1 Å². The van der Waals surface area contributed by atoms with Crippen molar-refractivity contribution in [1.29, 1.82) is 0 Å². The summed E-state index contributed by atoms with van der Waals surface area (Å²) in [5, 5.41) is 14.9. The smallest absolute Gasteiger partial charge is 0.306 e. The lowest BCUT2D eigenvalue weighted by molar-refractivity contribution is -0.151. The highest BCUT2D eigenvalue weighted by molar-refractivity contribution is 5.85. The summed E-state index contributed by atoms with van der Waals surface area (Å²) >= 11 is 0. The number of para-hydroxylation sites is 2. The number of aliphatic hydroxyl groups is 1. The second-order valence-corrected chi connectivity index (χ2v) is 10.7. The minimum Gasteiger partial charge on any atom is -0.455 e. The van der Waals surface area contributed by atoms with Gasteiger partial charge in [-0.1, -0.05) is 38.8 Å². The van der Waals surface area contributed by atoms with E-state index in [9.17, 15) is 14.7 Å². The second-order valence-electron chi connectivity index (χ2n) is 10.7. The van der Waals surface area contributed by atoms with Gasteiger partial charge in [-0.2, -0.15) is 5.10 Å². The number of anilines is 1. The summed E-state index contributed by atoms with van der Waals surface area (Å²) in [5.74, 6) is -0.413. The van der Waals surface area contributed by atoms with Crippen LogP contribution in [0.5, 0.6) is 0 Å². The molecule has 2 heterocycles. The number of rotatable bonds is 3. The Morgan fingerprint density at radius 2 is 1.92 bits per heavy atom. The molecule has 1 aromatic carbocycles. The zero-order chi connectivity index (χ0) is 27.0. The molecule has 0 radical (unpaired) electrons. The van der Waals surface area contributed by atoms with Crippen LogP contribution in [0.1, 0.15) is 78.3 Å². The van der Waals surface area contributed by atoms with Crippen molar-refractivity contribution >= 4 is 23.5 Å². The zero-order valence-electron chi connectivity index (χ0n) is 22.5. The molecule has 1 aromatic heterocycles. The lowest BCUT2D eigenvalue weighted by Gasteiger charge is -2.26. The van der Waals surface area contributed by atoms with E-state index in [1.54, 1.807) is 4.68 Å². The number of hydrogen-bond donors (Lipinski definition) is 2. The lowest BCUT2D eigenvalue weighted by Crippen LogP contribution is -2.31. The highest BCUT2D eigenvalue weighted by atomic mass is 16.6. The van der Waals surface area contributed by atoms with Gasteiger partial charge >= 0.3 is 5.97 Å². The highest BCUT2D eigenvalue weighted by Crippen LogP contribution is 2.28. The number of benzene rings is 1. The van der Waals surface area contributed by atoms with Crippen LogP contribution in [0.15, 0.2) is 42.1 Å². The second kappa shape index (κ2) is 13.0. The van der Waals surface area contributed by atoms with E-state index >= 15 is 0 Å². The van der Waals surface area contributed by atoms with E-state index in [1.807, 2.05) is 70.3 Å². The maximum atomic E-state index is 12.8. The molecule has 1 aliphatic rings. The zero-order valence-corrected chi connectivity index (χ0v) is 22.5. The Kier molecular flexibility index (Phi) is 10.1. The van der Waals surface area contributed by atoms with Gasteiger partial charge in [0.15, 0.2) is 0 Å². The number of Topliss-reactive ketones (excluding diaryl/α,β-unsaturated/α-hetero) is 1. The first-order chi connectivity index (χ1) is 17.5. The maximum absolute atomic E-state index is 12.8. The van der Waals surface area contributed by atoms with E-state index in [0.29, 0.717) is 24.2 Å². The van der Waals surface area contributed by atoms with E-state index in [2.05, 4.69) is 5.10 Å². The summed E-state index contributed by atoms with van der Waals surface area (Å²) in [7, 11) is 0. The van der Waals surface area contributed by atoms with Gasteiger partial charge in [-0.3, -0.25) is 9.59 Å². The van der Waals surface area contributed by atoms with Gasteiger partial charge in [-0.25, -0.2) is 4.68 Å². The standard InChI is InChI=1S/C29H41N3O5/c1-20(17-22-14-16-32(31-22)25-12-8-7-11-24(25)30)26-19-36-21(2)9-5-6-10-23(33)18-27(34)29(3,4)15-13-28(35)37-26/h7-8,11-12,14,16-17,21,23,26,33H,5-6,9-10,13,15,18-19,30H2,1-4H3/b20-17+. The summed E-state index contributed by atoms with van der Waals surface area (Å²) < 4.78 is 13.6. The van der Waals surface area contributed by atoms with Gasteiger partial charge in [-0.15, -0.1) is 0 Å². The molecule has 2 aromatic rings. The number of ketones is 1. The van der Waals surface area contributed by atoms with Crippen LogP contribution in [0.4, 0.5) is 5.69 Å². The van der Waals surface area contributed by atoms with Gasteiger partial charge in [0.2, 0.25) is 0 Å². The van der Waals surface area contributed by atoms with Gasteiger partial charge in [-0.05, 0) is 63.0 Å². The molecule has 37 heavy (non-hydrogen) atoms. The number of aliphatic hydroxyl groups excluding tert-OH is 1. The first-order valence-electron chi connectivity index (χ1n) is 13.2. The first kappa shape index (κ1) is 28.6. The van der Waals surface area contributed by atoms with Crippen molar-refractivity contribution in [3.05, 3.63) is 47.8 Å². The number of nitrogens with two attached hydrogens (primary N) is 1. The van der Waals surface area contributed by atoms with E-state index in [1.165, 1.54) is 0 Å². The van der Waals surface area contributed by atoms with Crippen molar-refractivity contribution in [2.75, 3.05) is 12.3 Å². The fourth-order valence-electron chi connectivity index (χ4n) is 4.34. The average molecular weight is 512 g/mol. The van der Waals surface area contributed by atoms with Gasteiger partial charge in [0, 0.05) is 24.5 Å². The van der Waals surface area contributed by atoms with Crippen LogP contribution < -0.4 is 5.73 Å². The van der Waals surface area contributed by atoms with Gasteiger partial charge in [0.05, 0.1) is 35.9 Å². The van der Waals surface area contributed by atoms with Crippen molar-refractivity contribution in [1.82, 2.24) is 9.78 Å². The molecule has 3 atom stereocenters. The van der Waals surface area contributed by atoms with Gasteiger partial charge in [0.25, 0.3) is 0 Å². The van der Waals surface area contributed by atoms with E-state index in [-0.39, 0.29) is 37.3 Å². The SMILES string of the molecule is C/C(=C\c1ccn(-c2ccccc2N)n1)C1COC(C)CCCCC(O)CC(=O)C(C)(C)CCC(=O)O1. The number of carbonyl (C=O) groups excluding carboxylic acids is 2. The van der Waals surface area contributed by atoms with Crippen LogP contribution in [0.25, 0.3) is 11.8 Å². The third kappa shape index (κ3) is 8.54. The van der Waals surface area contributed by atoms with Crippen molar-refractivity contribution < 1.29 is 24.2 Å². The molecular formula is C29H41N3O5. The van der Waals surface area contributed by atoms with Crippen molar-refractivity contribution in [3.63, 3.8) is 0 Å². The summed E-state index contributed by atoms with van der Waals surface area (Å²) in [6.07, 6.45) is 6.16. The van der Waals surface area contributed by atoms with E-state index in [4.69, 9.17) is 15.2 Å². The third-order valence-corrected chi connectivity index (χ3v) is 7.01. The fourth-order valence-corrected chi connectivity index (χ4v) is 4.34. The van der Waals surface area contributed by atoms with Crippen LogP contribution in [-0.4, -0.2) is 51.6 Å². The Morgan fingerprint density at radius 1 is 1.19 bits per heavy atom. The van der Waals surface area contributed by atoms with Crippen LogP contribution in [0.2, 0.25) is 0 Å². The normalized spacial score (nSPS) is 25.0. The molecule has 1 saturated heterocycles. The molecule has 8 nitrogen and oxygen atoms in total. The topological polar surface area (TPSA) is 117 Å². The minimum absolute atomic E-state index is 0.0279. The first-order valence-corrected chi connectivity index (χ1v) is 13.2. The highest BCUT2D eigenvalue weighted by Gasteiger charge is 2.30. The predicted octanol–water partition coefficient (Wildman–Crippen LogP) is 4.88. The quantitative estimate of drug-likeness (QED) is 0.446. The Hall–Kier alpha value is -2.97. The maximum Gasteiger partial charge on any atom is 0.306 e. The fraction of sp³-hybridized carbons (Fsp3) is 0.552. The van der Waals surface area contributed by atoms with Crippen molar-refractivity contribution in [2.24, 2.45) is 5.41 Å². The summed E-state index contributed by atoms with van der Waals surface area (Å²) in [5.41, 5.74) is 8.31. The lowest BCUT2D eigenvalue weighted by atomic mass is 9.80. The Bertz CT molecular complexity index is 1090. The molecule has 8 heteroatoms. The largest absolute Gasteiger partial charge is 0.455 e. The molecule has 0 amide bonds. The molecule has 3 unspecified atom stereocenters. The number of cyclic esters (lactones) is 1. The summed E-state index contributed by atoms with van der Waals surface area (Å²) in [4.78, 5) is 25.6. The van der Waals surface area contributed by atoms with E-state index in [0.717, 1.165) is 30.5 Å². The van der Waals surface area contributed by atoms with Gasteiger partial charge < -0.3 is 20.3 Å². The number of aromatic nitrogens is 2. The molecule has 0 spiro atoms. The van der Waals surface area contributed by atoms with Gasteiger partial charge in [0.1, 0.15) is 11.9 Å². The minimum atomic E-state index is -0.714. The number of nitrogen functional groups attached to an aromatic ring is 1. The molecule has 3 N–H and O–H groups in total. The molecular weight excluding hydrogens is 470 g/mol. The Balaban J connectivity index is 1.76. The third-order valence-electron chi connectivity index (χ3n) is 7.01. The summed E-state index contributed by atoms with van der Waals surface area (Å²) in [6.45, 7) is 7.76. The number of nitrogens with zero attached hydrogens (tertiary/aromatic N) is 2. The Morgan fingerprint density at radius 3 is 2.68 bits per heavy atom. The average Bonchev–Trinajstić information content (AvgIpc) is 3.30. The number of hydrogen-bond acceptors (Lipinski definition) is 7. The molecule has 202 valence electrons. The van der Waals surface area contributed by atoms with Crippen molar-refractivity contribution in [3.8, 4) is 5.69 Å². The number of carbonyl (C=O) groups is 2. The Labute approximate surface area is 219 Å². The monoisotopic (exact) mass is 511 g/mol. The molecule has 1 aliphatic heterocycles. The predicted molar refractivity (Wildman–Crippen MR) is 144 cm³/mol. The van der Waals surface area contributed by atoms with Crippen LogP contribution >= 0.6 is 0 Å². The molecule has 0 bridgehead atoms. The molecule has 0 aliphatic carbocycles. The van der Waals surface area contributed by atoms with Crippen LogP contribution in [0.3, 0.4) is 0 Å². The molecule has 0 saturated carbocycles. The van der Waals surface area contributed by atoms with Crippen molar-refractivity contribution in [2.45, 2.75) is 91.0 Å². The van der Waals surface area contributed by atoms with E-state index < -0.39 is 17.6 Å². The van der Waals surface area contributed by atoms with Crippen LogP contribution in [0, 0.1) is 5.41 Å². The molecule has 1 fully saturated rings. The summed E-state index contributed by atoms with van der Waals surface area (Å²) in [6, 6.07) is 9.38. The number of ether oxygens (including phenoxy) is 2. The molecule has 3 rings (SSSR count).